The summed E-state index contributed by atoms with van der Waals surface area (Å²) in [6, 6.07) is 7.14. The minimum absolute atomic E-state index is 0.179. The van der Waals surface area contributed by atoms with Crippen molar-refractivity contribution in [3.05, 3.63) is 29.8 Å². The molecule has 1 aromatic carbocycles. The van der Waals surface area contributed by atoms with Gasteiger partial charge in [0, 0.05) is 5.69 Å². The van der Waals surface area contributed by atoms with Gasteiger partial charge in [-0.1, -0.05) is 38.8 Å². The van der Waals surface area contributed by atoms with E-state index in [9.17, 15) is 9.59 Å². The number of aryl methyl sites for hydroxylation is 1. The molecule has 22 heavy (non-hydrogen) atoms. The Morgan fingerprint density at radius 3 is 2.32 bits per heavy atom. The Kier molecular flexibility index (Phi) is 8.22. The number of rotatable bonds is 8. The van der Waals surface area contributed by atoms with Gasteiger partial charge in [-0.25, -0.2) is 0 Å². The molecule has 0 radical (unpaired) electrons. The van der Waals surface area contributed by atoms with Gasteiger partial charge in [-0.3, -0.25) is 9.59 Å². The third-order valence-corrected chi connectivity index (χ3v) is 3.54. The third kappa shape index (κ3) is 6.26. The van der Waals surface area contributed by atoms with Crippen LogP contribution in [0.1, 0.15) is 45.1 Å². The molecule has 0 aromatic heterocycles. The molecule has 0 fully saturated rings. The van der Waals surface area contributed by atoms with Crippen molar-refractivity contribution >= 4 is 17.5 Å². The zero-order valence-electron chi connectivity index (χ0n) is 13.4. The molecule has 2 amide bonds. The predicted molar refractivity (Wildman–Crippen MR) is 87.6 cm³/mol. The molecular weight excluding hydrogens is 280 g/mol. The fourth-order valence-corrected chi connectivity index (χ4v) is 2.05. The van der Waals surface area contributed by atoms with Crippen LogP contribution in [0.2, 0.25) is 0 Å². The summed E-state index contributed by atoms with van der Waals surface area (Å²) in [6.07, 6.45) is 5.15. The van der Waals surface area contributed by atoms with Crippen molar-refractivity contribution in [1.29, 1.82) is 0 Å². The number of unbranched alkanes of at least 4 members (excludes halogenated alkanes) is 2. The first kappa shape index (κ1) is 18.2. The molecule has 0 aliphatic heterocycles. The second-order valence-corrected chi connectivity index (χ2v) is 5.37. The maximum absolute atomic E-state index is 11.8. The first-order valence-electron chi connectivity index (χ1n) is 7.92. The molecule has 3 N–H and O–H groups in total. The third-order valence-electron chi connectivity index (χ3n) is 3.54. The van der Waals surface area contributed by atoms with Crippen molar-refractivity contribution in [2.45, 2.75) is 52.0 Å². The Morgan fingerprint density at radius 2 is 1.77 bits per heavy atom. The lowest BCUT2D eigenvalue weighted by molar-refractivity contribution is -0.136. The Bertz CT molecular complexity index is 467. The molecule has 5 nitrogen and oxygen atoms in total. The number of aliphatic hydroxyl groups is 1. The smallest absolute Gasteiger partial charge is 0.313 e. The maximum Gasteiger partial charge on any atom is 0.313 e. The Labute approximate surface area is 132 Å². The maximum atomic E-state index is 11.8. The molecule has 1 atom stereocenters. The highest BCUT2D eigenvalue weighted by molar-refractivity contribution is 6.39. The lowest BCUT2D eigenvalue weighted by atomic mass is 10.1. The van der Waals surface area contributed by atoms with E-state index in [4.69, 9.17) is 5.11 Å². The van der Waals surface area contributed by atoms with Crippen molar-refractivity contribution in [1.82, 2.24) is 5.32 Å². The molecule has 0 aliphatic carbocycles. The standard InChI is InChI=1S/C17H26N2O3/c1-3-5-6-7-13-8-10-15(11-9-13)19-17(22)16(21)18-14(4-2)12-20/h8-11,14,20H,3-7,12H2,1-2H3,(H,18,21)(H,19,22). The van der Waals surface area contributed by atoms with Crippen LogP contribution in [0, 0.1) is 0 Å². The second-order valence-electron chi connectivity index (χ2n) is 5.37. The summed E-state index contributed by atoms with van der Waals surface area (Å²) in [5, 5.41) is 14.1. The molecule has 1 rings (SSSR count). The van der Waals surface area contributed by atoms with Crippen LogP contribution < -0.4 is 10.6 Å². The Hall–Kier alpha value is -1.88. The summed E-state index contributed by atoms with van der Waals surface area (Å²) in [5.74, 6) is -1.45. The topological polar surface area (TPSA) is 78.4 Å². The monoisotopic (exact) mass is 306 g/mol. The Balaban J connectivity index is 2.48. The molecule has 0 aliphatic rings. The van der Waals surface area contributed by atoms with Crippen molar-refractivity contribution in [2.75, 3.05) is 11.9 Å². The second kappa shape index (κ2) is 9.95. The first-order valence-corrected chi connectivity index (χ1v) is 7.92. The van der Waals surface area contributed by atoms with Gasteiger partial charge in [-0.2, -0.15) is 0 Å². The number of carbonyl (C=O) groups is 2. The average Bonchev–Trinajstić information content (AvgIpc) is 2.54. The number of anilines is 1. The van der Waals surface area contributed by atoms with Gasteiger partial charge in [0.25, 0.3) is 0 Å². The van der Waals surface area contributed by atoms with E-state index < -0.39 is 11.8 Å². The van der Waals surface area contributed by atoms with Crippen molar-refractivity contribution in [2.24, 2.45) is 0 Å². The van der Waals surface area contributed by atoms with Gasteiger partial charge < -0.3 is 15.7 Å². The zero-order chi connectivity index (χ0) is 16.4. The summed E-state index contributed by atoms with van der Waals surface area (Å²) >= 11 is 0. The normalized spacial score (nSPS) is 11.8. The van der Waals surface area contributed by atoms with E-state index in [1.54, 1.807) is 12.1 Å². The average molecular weight is 306 g/mol. The minimum Gasteiger partial charge on any atom is -0.394 e. The van der Waals surface area contributed by atoms with Crippen LogP contribution in [0.5, 0.6) is 0 Å². The number of hydrogen-bond acceptors (Lipinski definition) is 3. The van der Waals surface area contributed by atoms with Crippen LogP contribution in [-0.2, 0) is 16.0 Å². The lowest BCUT2D eigenvalue weighted by Crippen LogP contribution is -2.43. The molecule has 0 saturated carbocycles. The van der Waals surface area contributed by atoms with E-state index in [0.717, 1.165) is 12.8 Å². The fraction of sp³-hybridized carbons (Fsp3) is 0.529. The van der Waals surface area contributed by atoms with E-state index >= 15 is 0 Å². The lowest BCUT2D eigenvalue weighted by Gasteiger charge is -2.13. The largest absolute Gasteiger partial charge is 0.394 e. The summed E-state index contributed by atoms with van der Waals surface area (Å²) < 4.78 is 0. The number of amides is 2. The summed E-state index contributed by atoms with van der Waals surface area (Å²) in [4.78, 5) is 23.5. The van der Waals surface area contributed by atoms with E-state index in [1.807, 2.05) is 19.1 Å². The van der Waals surface area contributed by atoms with Gasteiger partial charge in [-0.15, -0.1) is 0 Å². The molecule has 0 bridgehead atoms. The SMILES string of the molecule is CCCCCc1ccc(NC(=O)C(=O)NC(CC)CO)cc1. The van der Waals surface area contributed by atoms with Crippen molar-refractivity contribution in [3.8, 4) is 0 Å². The van der Waals surface area contributed by atoms with E-state index in [-0.39, 0.29) is 12.6 Å². The summed E-state index contributed by atoms with van der Waals surface area (Å²) in [6.45, 7) is 3.82. The number of hydrogen-bond donors (Lipinski definition) is 3. The van der Waals surface area contributed by atoms with Gasteiger partial charge in [-0.05, 0) is 37.0 Å². The van der Waals surface area contributed by atoms with Crippen LogP contribution in [0.15, 0.2) is 24.3 Å². The van der Waals surface area contributed by atoms with Crippen LogP contribution in [0.25, 0.3) is 0 Å². The summed E-state index contributed by atoms with van der Waals surface area (Å²) in [5.41, 5.74) is 1.82. The van der Waals surface area contributed by atoms with Crippen molar-refractivity contribution < 1.29 is 14.7 Å². The van der Waals surface area contributed by atoms with Crippen LogP contribution >= 0.6 is 0 Å². The van der Waals surface area contributed by atoms with E-state index in [0.29, 0.717) is 12.1 Å². The number of aliphatic hydroxyl groups excluding tert-OH is 1. The minimum atomic E-state index is -0.729. The number of nitrogens with one attached hydrogen (secondary N) is 2. The molecular formula is C17H26N2O3. The van der Waals surface area contributed by atoms with Gasteiger partial charge in [0.2, 0.25) is 0 Å². The van der Waals surface area contributed by atoms with Crippen LogP contribution in [0.4, 0.5) is 5.69 Å². The molecule has 1 unspecified atom stereocenters. The van der Waals surface area contributed by atoms with Crippen molar-refractivity contribution in [3.63, 3.8) is 0 Å². The van der Waals surface area contributed by atoms with Gasteiger partial charge >= 0.3 is 11.8 Å². The zero-order valence-corrected chi connectivity index (χ0v) is 13.4. The highest BCUT2D eigenvalue weighted by Gasteiger charge is 2.17. The number of carbonyl (C=O) groups excluding carboxylic acids is 2. The van der Waals surface area contributed by atoms with E-state index in [2.05, 4.69) is 17.6 Å². The summed E-state index contributed by atoms with van der Waals surface area (Å²) in [7, 11) is 0. The Morgan fingerprint density at radius 1 is 1.09 bits per heavy atom. The predicted octanol–water partition coefficient (Wildman–Crippen LogP) is 2.24. The molecule has 0 saturated heterocycles. The molecule has 122 valence electrons. The van der Waals surface area contributed by atoms with Gasteiger partial charge in [0.15, 0.2) is 0 Å². The molecule has 0 heterocycles. The first-order chi connectivity index (χ1) is 10.6. The van der Waals surface area contributed by atoms with Crippen LogP contribution in [0.3, 0.4) is 0 Å². The van der Waals surface area contributed by atoms with Gasteiger partial charge in [0.1, 0.15) is 0 Å². The van der Waals surface area contributed by atoms with Crippen LogP contribution in [-0.4, -0.2) is 29.6 Å². The van der Waals surface area contributed by atoms with E-state index in [1.165, 1.54) is 18.4 Å². The quantitative estimate of drug-likeness (QED) is 0.509. The number of benzene rings is 1. The molecule has 5 heteroatoms. The fourth-order valence-electron chi connectivity index (χ4n) is 2.05. The molecule has 1 aromatic rings. The molecule has 0 spiro atoms. The van der Waals surface area contributed by atoms with Gasteiger partial charge in [0.05, 0.1) is 12.6 Å². The highest BCUT2D eigenvalue weighted by atomic mass is 16.3. The highest BCUT2D eigenvalue weighted by Crippen LogP contribution is 2.12.